The Bertz CT molecular complexity index is 1070. The number of aryl methyl sites for hydroxylation is 1. The molecule has 0 bridgehead atoms. The second-order valence-corrected chi connectivity index (χ2v) is 8.58. The molecule has 2 amide bonds. The lowest BCUT2D eigenvalue weighted by Crippen LogP contribution is -2.59. The van der Waals surface area contributed by atoms with Crippen LogP contribution in [0, 0.1) is 0 Å². The summed E-state index contributed by atoms with van der Waals surface area (Å²) in [6.07, 6.45) is 3.94. The number of aromatic nitrogens is 1. The molecule has 1 saturated heterocycles. The number of carbonyl (C=O) groups is 3. The number of carbonyl (C=O) groups excluding carboxylic acids is 2. The van der Waals surface area contributed by atoms with Gasteiger partial charge in [0.25, 0.3) is 5.91 Å². The van der Waals surface area contributed by atoms with Crippen LogP contribution in [0.2, 0.25) is 5.02 Å². The van der Waals surface area contributed by atoms with Crippen molar-refractivity contribution in [2.75, 3.05) is 26.2 Å². The van der Waals surface area contributed by atoms with Crippen LogP contribution >= 0.6 is 11.6 Å². The number of ether oxygens (including phenoxy) is 1. The summed E-state index contributed by atoms with van der Waals surface area (Å²) < 4.78 is 5.10. The molecule has 1 aliphatic heterocycles. The Balaban J connectivity index is 1.56. The van der Waals surface area contributed by atoms with Crippen LogP contribution in [0.5, 0.6) is 0 Å². The van der Waals surface area contributed by atoms with Gasteiger partial charge in [-0.15, -0.1) is 0 Å². The normalized spacial score (nSPS) is 18.4. The fourth-order valence-electron chi connectivity index (χ4n) is 4.35. The Hall–Kier alpha value is -2.87. The van der Waals surface area contributed by atoms with Gasteiger partial charge < -0.3 is 14.7 Å². The number of aliphatic carboxylic acids is 1. The second-order valence-electron chi connectivity index (χ2n) is 8.20. The van der Waals surface area contributed by atoms with Gasteiger partial charge in [-0.1, -0.05) is 24.6 Å². The predicted octanol–water partition coefficient (Wildman–Crippen LogP) is 3.52. The molecular weight excluding hydrogens is 434 g/mol. The lowest BCUT2D eigenvalue weighted by Gasteiger charge is -2.38. The Morgan fingerprint density at radius 3 is 2.75 bits per heavy atom. The first kappa shape index (κ1) is 22.3. The number of fused-ring (bicyclic) bond motifs is 2. The first-order chi connectivity index (χ1) is 15.4. The molecule has 1 aromatic carbocycles. The van der Waals surface area contributed by atoms with Gasteiger partial charge in [0.1, 0.15) is 0 Å². The van der Waals surface area contributed by atoms with Gasteiger partial charge in [0, 0.05) is 29.7 Å². The maximum Gasteiger partial charge on any atom is 0.410 e. The third-order valence-corrected chi connectivity index (χ3v) is 6.49. The summed E-state index contributed by atoms with van der Waals surface area (Å²) in [6.45, 7) is 2.29. The molecule has 1 aromatic heterocycles. The molecule has 9 heteroatoms. The lowest BCUT2D eigenvalue weighted by atomic mass is 9.94. The average molecular weight is 460 g/mol. The van der Waals surface area contributed by atoms with Gasteiger partial charge in [-0.05, 0) is 49.8 Å². The van der Waals surface area contributed by atoms with E-state index in [1.165, 1.54) is 9.80 Å². The van der Waals surface area contributed by atoms with E-state index in [4.69, 9.17) is 21.3 Å². The van der Waals surface area contributed by atoms with E-state index in [0.717, 1.165) is 42.3 Å². The highest BCUT2D eigenvalue weighted by Crippen LogP contribution is 2.33. The molecule has 4 rings (SSSR count). The number of rotatable bonds is 4. The molecule has 1 unspecified atom stereocenters. The average Bonchev–Trinajstić information content (AvgIpc) is 2.81. The zero-order valence-corrected chi connectivity index (χ0v) is 18.7. The standard InChI is InChI=1S/C23H26ClN3O5/c1-2-11-32-23(31)27-10-9-26(13-19(27)22(29)30)21(28)14-7-8-16-18(12-14)25-17-6-4-3-5-15(17)20(16)24/h7-8,12,19H,2-6,9-11,13H2,1H3,(H,29,30). The summed E-state index contributed by atoms with van der Waals surface area (Å²) >= 11 is 6.63. The van der Waals surface area contributed by atoms with Gasteiger partial charge in [0.15, 0.2) is 6.04 Å². The van der Waals surface area contributed by atoms with Crippen molar-refractivity contribution in [2.24, 2.45) is 0 Å². The highest BCUT2D eigenvalue weighted by molar-refractivity contribution is 6.36. The van der Waals surface area contributed by atoms with Crippen molar-refractivity contribution in [2.45, 2.75) is 45.1 Å². The number of nitrogens with zero attached hydrogens (tertiary/aromatic N) is 3. The molecule has 2 aromatic rings. The van der Waals surface area contributed by atoms with Crippen molar-refractivity contribution in [3.8, 4) is 0 Å². The first-order valence-electron chi connectivity index (χ1n) is 11.0. The Morgan fingerprint density at radius 1 is 1.22 bits per heavy atom. The van der Waals surface area contributed by atoms with Gasteiger partial charge in [-0.25, -0.2) is 9.59 Å². The van der Waals surface area contributed by atoms with Crippen molar-refractivity contribution in [1.82, 2.24) is 14.8 Å². The van der Waals surface area contributed by atoms with Gasteiger partial charge in [-0.2, -0.15) is 0 Å². The molecule has 0 saturated carbocycles. The van der Waals surface area contributed by atoms with Crippen LogP contribution in [-0.4, -0.2) is 70.1 Å². The van der Waals surface area contributed by atoms with Crippen molar-refractivity contribution >= 4 is 40.5 Å². The van der Waals surface area contributed by atoms with Crippen LogP contribution < -0.4 is 0 Å². The van der Waals surface area contributed by atoms with Crippen LogP contribution in [0.25, 0.3) is 10.9 Å². The number of benzene rings is 1. The quantitative estimate of drug-likeness (QED) is 0.750. The monoisotopic (exact) mass is 459 g/mol. The number of carboxylic acids is 1. The van der Waals surface area contributed by atoms with Crippen molar-refractivity contribution in [1.29, 1.82) is 0 Å². The van der Waals surface area contributed by atoms with E-state index >= 15 is 0 Å². The highest BCUT2D eigenvalue weighted by Gasteiger charge is 2.38. The fraction of sp³-hybridized carbons (Fsp3) is 0.478. The summed E-state index contributed by atoms with van der Waals surface area (Å²) in [5.74, 6) is -1.47. The minimum atomic E-state index is -1.17. The molecule has 2 heterocycles. The van der Waals surface area contributed by atoms with Crippen LogP contribution in [0.15, 0.2) is 18.2 Å². The Morgan fingerprint density at radius 2 is 2.00 bits per heavy atom. The highest BCUT2D eigenvalue weighted by atomic mass is 35.5. The summed E-state index contributed by atoms with van der Waals surface area (Å²) in [7, 11) is 0. The molecule has 8 nitrogen and oxygen atoms in total. The smallest absolute Gasteiger partial charge is 0.410 e. The minimum absolute atomic E-state index is 0.0937. The number of amides is 2. The summed E-state index contributed by atoms with van der Waals surface area (Å²) in [5, 5.41) is 11.1. The van der Waals surface area contributed by atoms with Crippen molar-refractivity contribution in [3.05, 3.63) is 40.0 Å². The Kier molecular flexibility index (Phi) is 6.50. The van der Waals surface area contributed by atoms with Crippen LogP contribution in [-0.2, 0) is 22.4 Å². The number of pyridine rings is 1. The van der Waals surface area contributed by atoms with E-state index in [1.54, 1.807) is 18.2 Å². The molecule has 32 heavy (non-hydrogen) atoms. The summed E-state index contributed by atoms with van der Waals surface area (Å²) in [5.41, 5.74) is 3.17. The van der Waals surface area contributed by atoms with E-state index in [0.29, 0.717) is 22.5 Å². The SMILES string of the molecule is CCCOC(=O)N1CCN(C(=O)c2ccc3c(Cl)c4c(nc3c2)CCCC4)CC1C(=O)O. The van der Waals surface area contributed by atoms with E-state index in [9.17, 15) is 19.5 Å². The lowest BCUT2D eigenvalue weighted by molar-refractivity contribution is -0.144. The number of carboxylic acid groups (broad SMARTS) is 1. The van der Waals surface area contributed by atoms with Gasteiger partial charge in [0.2, 0.25) is 0 Å². The molecule has 1 N–H and O–H groups in total. The van der Waals surface area contributed by atoms with Crippen LogP contribution in [0.1, 0.15) is 47.8 Å². The third kappa shape index (κ3) is 4.24. The largest absolute Gasteiger partial charge is 0.480 e. The zero-order valence-electron chi connectivity index (χ0n) is 18.0. The molecule has 170 valence electrons. The minimum Gasteiger partial charge on any atom is -0.480 e. The van der Waals surface area contributed by atoms with E-state index < -0.39 is 18.1 Å². The topological polar surface area (TPSA) is 100 Å². The van der Waals surface area contributed by atoms with Crippen LogP contribution in [0.4, 0.5) is 4.79 Å². The molecule has 0 radical (unpaired) electrons. The first-order valence-corrected chi connectivity index (χ1v) is 11.3. The maximum atomic E-state index is 13.2. The Labute approximate surface area is 191 Å². The van der Waals surface area contributed by atoms with Crippen LogP contribution in [0.3, 0.4) is 0 Å². The second kappa shape index (κ2) is 9.32. The van der Waals surface area contributed by atoms with Crippen molar-refractivity contribution in [3.63, 3.8) is 0 Å². The van der Waals surface area contributed by atoms with Gasteiger partial charge >= 0.3 is 12.1 Å². The summed E-state index contributed by atoms with van der Waals surface area (Å²) in [4.78, 5) is 44.6. The molecule has 1 atom stereocenters. The fourth-order valence-corrected chi connectivity index (χ4v) is 4.72. The van der Waals surface area contributed by atoms with E-state index in [-0.39, 0.29) is 32.1 Å². The van der Waals surface area contributed by atoms with Crippen molar-refractivity contribution < 1.29 is 24.2 Å². The van der Waals surface area contributed by atoms with E-state index in [1.807, 2.05) is 6.92 Å². The predicted molar refractivity (Wildman–Crippen MR) is 119 cm³/mol. The zero-order chi connectivity index (χ0) is 22.8. The summed E-state index contributed by atoms with van der Waals surface area (Å²) in [6, 6.07) is 4.07. The maximum absolute atomic E-state index is 13.2. The molecular formula is C23H26ClN3O5. The number of hydrogen-bond donors (Lipinski definition) is 1. The van der Waals surface area contributed by atoms with Gasteiger partial charge in [0.05, 0.1) is 23.7 Å². The third-order valence-electron chi connectivity index (χ3n) is 6.06. The molecule has 2 aliphatic rings. The molecule has 1 fully saturated rings. The van der Waals surface area contributed by atoms with E-state index in [2.05, 4.69) is 0 Å². The number of halogens is 1. The molecule has 0 spiro atoms. The number of piperazine rings is 1. The molecule has 1 aliphatic carbocycles. The number of hydrogen-bond acceptors (Lipinski definition) is 5. The van der Waals surface area contributed by atoms with Gasteiger partial charge in [-0.3, -0.25) is 14.7 Å².